The second-order valence-electron chi connectivity index (χ2n) is 6.78. The molecule has 1 aliphatic carbocycles. The summed E-state index contributed by atoms with van der Waals surface area (Å²) in [7, 11) is 0. The van der Waals surface area contributed by atoms with E-state index < -0.39 is 0 Å². The summed E-state index contributed by atoms with van der Waals surface area (Å²) in [5, 5.41) is 8.44. The van der Waals surface area contributed by atoms with Gasteiger partial charge >= 0.3 is 0 Å². The highest BCUT2D eigenvalue weighted by molar-refractivity contribution is 5.32. The maximum atomic E-state index is 5.83. The number of nitrogens with zero attached hydrogens (tertiary/aromatic N) is 3. The van der Waals surface area contributed by atoms with Crippen molar-refractivity contribution in [2.75, 3.05) is 6.54 Å². The van der Waals surface area contributed by atoms with Gasteiger partial charge in [0.25, 0.3) is 0 Å². The van der Waals surface area contributed by atoms with Crippen molar-refractivity contribution in [3.8, 4) is 0 Å². The van der Waals surface area contributed by atoms with Crippen LogP contribution in [0.15, 0.2) is 22.6 Å². The summed E-state index contributed by atoms with van der Waals surface area (Å²) in [5.41, 5.74) is 4.15. The molecule has 4 rings (SSSR count). The molecule has 1 saturated carbocycles. The maximum Gasteiger partial charge on any atom is 0.230 e. The van der Waals surface area contributed by atoms with Crippen LogP contribution in [0.1, 0.15) is 66.1 Å². The van der Waals surface area contributed by atoms with Crippen LogP contribution in [0.5, 0.6) is 0 Å². The molecular weight excluding hydrogens is 274 g/mol. The lowest BCUT2D eigenvalue weighted by Crippen LogP contribution is -2.23. The molecule has 2 heterocycles. The third-order valence-electron chi connectivity index (χ3n) is 5.03. The number of likely N-dealkylation sites (tertiary alicyclic amines) is 1. The van der Waals surface area contributed by atoms with Gasteiger partial charge in [0.1, 0.15) is 0 Å². The molecule has 0 amide bonds. The Labute approximate surface area is 131 Å². The Morgan fingerprint density at radius 3 is 2.77 bits per heavy atom. The Bertz CT molecular complexity index is 675. The van der Waals surface area contributed by atoms with Crippen LogP contribution < -0.4 is 0 Å². The van der Waals surface area contributed by atoms with Gasteiger partial charge in [-0.15, -0.1) is 10.2 Å². The Kier molecular flexibility index (Phi) is 3.49. The Morgan fingerprint density at radius 1 is 1.14 bits per heavy atom. The summed E-state index contributed by atoms with van der Waals surface area (Å²) in [6, 6.07) is 7.32. The monoisotopic (exact) mass is 297 g/mol. The zero-order valence-corrected chi connectivity index (χ0v) is 13.4. The summed E-state index contributed by atoms with van der Waals surface area (Å²) < 4.78 is 5.83. The molecule has 1 aromatic carbocycles. The zero-order valence-electron chi connectivity index (χ0n) is 13.4. The van der Waals surface area contributed by atoms with Crippen molar-refractivity contribution in [2.24, 2.45) is 0 Å². The van der Waals surface area contributed by atoms with E-state index in [0.717, 1.165) is 24.9 Å². The largest absolute Gasteiger partial charge is 0.424 e. The lowest BCUT2D eigenvalue weighted by molar-refractivity contribution is 0.221. The minimum absolute atomic E-state index is 0.482. The molecule has 4 nitrogen and oxygen atoms in total. The summed E-state index contributed by atoms with van der Waals surface area (Å²) in [6.45, 7) is 6.25. The molecule has 0 bridgehead atoms. The second-order valence-corrected chi connectivity index (χ2v) is 6.78. The smallest absolute Gasteiger partial charge is 0.230 e. The molecule has 1 aromatic heterocycles. The Hall–Kier alpha value is -1.68. The van der Waals surface area contributed by atoms with Crippen LogP contribution in [0.2, 0.25) is 0 Å². The van der Waals surface area contributed by atoms with Crippen LogP contribution in [-0.4, -0.2) is 21.6 Å². The van der Waals surface area contributed by atoms with E-state index in [-0.39, 0.29) is 0 Å². The number of rotatable bonds is 4. The highest BCUT2D eigenvalue weighted by Gasteiger charge is 2.31. The minimum Gasteiger partial charge on any atom is -0.424 e. The van der Waals surface area contributed by atoms with Gasteiger partial charge in [0.2, 0.25) is 11.8 Å². The average molecular weight is 297 g/mol. The summed E-state index contributed by atoms with van der Waals surface area (Å²) in [5.74, 6) is 2.16. The second kappa shape index (κ2) is 5.51. The van der Waals surface area contributed by atoms with Gasteiger partial charge in [-0.1, -0.05) is 18.2 Å². The molecular formula is C18H23N3O. The molecule has 0 spiro atoms. The van der Waals surface area contributed by atoms with E-state index in [9.17, 15) is 0 Å². The SMILES string of the molecule is Cc1ccc([C@H]2CCCN2Cc2nnc(C3CC3)o2)cc1C. The van der Waals surface area contributed by atoms with Gasteiger partial charge in [0, 0.05) is 12.0 Å². The normalized spacial score (nSPS) is 22.4. The quantitative estimate of drug-likeness (QED) is 0.858. The topological polar surface area (TPSA) is 42.2 Å². The van der Waals surface area contributed by atoms with Crippen LogP contribution in [0.4, 0.5) is 0 Å². The zero-order chi connectivity index (χ0) is 15.1. The van der Waals surface area contributed by atoms with Crippen molar-refractivity contribution in [1.82, 2.24) is 15.1 Å². The van der Waals surface area contributed by atoms with Gasteiger partial charge in [-0.25, -0.2) is 0 Å². The fourth-order valence-electron chi connectivity index (χ4n) is 3.36. The maximum absolute atomic E-state index is 5.83. The van der Waals surface area contributed by atoms with E-state index in [2.05, 4.69) is 47.1 Å². The molecule has 2 aliphatic rings. The molecule has 1 aliphatic heterocycles. The lowest BCUT2D eigenvalue weighted by atomic mass is 9.99. The fraction of sp³-hybridized carbons (Fsp3) is 0.556. The third kappa shape index (κ3) is 2.68. The number of aryl methyl sites for hydroxylation is 2. The predicted octanol–water partition coefficient (Wildman–Crippen LogP) is 3.90. The number of benzene rings is 1. The first kappa shape index (κ1) is 13.9. The minimum atomic E-state index is 0.482. The van der Waals surface area contributed by atoms with Crippen molar-refractivity contribution in [2.45, 2.75) is 58.0 Å². The Morgan fingerprint density at radius 2 is 2.00 bits per heavy atom. The number of aromatic nitrogens is 2. The molecule has 0 radical (unpaired) electrons. The fourth-order valence-corrected chi connectivity index (χ4v) is 3.36. The summed E-state index contributed by atoms with van der Waals surface area (Å²) >= 11 is 0. The molecule has 4 heteroatoms. The van der Waals surface area contributed by atoms with Crippen molar-refractivity contribution in [3.05, 3.63) is 46.7 Å². The van der Waals surface area contributed by atoms with Gasteiger partial charge in [-0.3, -0.25) is 4.90 Å². The van der Waals surface area contributed by atoms with E-state index in [0.29, 0.717) is 12.0 Å². The van der Waals surface area contributed by atoms with Gasteiger partial charge < -0.3 is 4.42 Å². The highest BCUT2D eigenvalue weighted by atomic mass is 16.4. The molecule has 2 aromatic rings. The van der Waals surface area contributed by atoms with E-state index in [1.54, 1.807) is 0 Å². The molecule has 116 valence electrons. The predicted molar refractivity (Wildman–Crippen MR) is 84.6 cm³/mol. The summed E-state index contributed by atoms with van der Waals surface area (Å²) in [6.07, 6.45) is 4.86. The molecule has 22 heavy (non-hydrogen) atoms. The molecule has 1 atom stereocenters. The van der Waals surface area contributed by atoms with Crippen LogP contribution in [0, 0.1) is 13.8 Å². The molecule has 1 saturated heterocycles. The van der Waals surface area contributed by atoms with Gasteiger partial charge in [0.05, 0.1) is 6.54 Å². The van der Waals surface area contributed by atoms with Gasteiger partial charge in [-0.05, 0) is 62.8 Å². The van der Waals surface area contributed by atoms with Crippen molar-refractivity contribution < 1.29 is 4.42 Å². The highest BCUT2D eigenvalue weighted by Crippen LogP contribution is 2.39. The van der Waals surface area contributed by atoms with Gasteiger partial charge in [0.15, 0.2) is 0 Å². The van der Waals surface area contributed by atoms with Crippen LogP contribution in [-0.2, 0) is 6.54 Å². The number of hydrogen-bond donors (Lipinski definition) is 0. The van der Waals surface area contributed by atoms with Gasteiger partial charge in [-0.2, -0.15) is 0 Å². The van der Waals surface area contributed by atoms with Crippen LogP contribution >= 0.6 is 0 Å². The van der Waals surface area contributed by atoms with E-state index in [1.807, 2.05) is 0 Å². The summed E-state index contributed by atoms with van der Waals surface area (Å²) in [4.78, 5) is 2.48. The van der Waals surface area contributed by atoms with E-state index in [4.69, 9.17) is 4.42 Å². The lowest BCUT2D eigenvalue weighted by Gasteiger charge is -2.23. The first-order valence-electron chi connectivity index (χ1n) is 8.34. The third-order valence-corrected chi connectivity index (χ3v) is 5.03. The first-order valence-corrected chi connectivity index (χ1v) is 8.34. The van der Waals surface area contributed by atoms with Crippen molar-refractivity contribution in [3.63, 3.8) is 0 Å². The molecule has 0 N–H and O–H groups in total. The average Bonchev–Trinajstić information content (AvgIpc) is 3.08. The van der Waals surface area contributed by atoms with E-state index in [1.165, 1.54) is 42.4 Å². The Balaban J connectivity index is 1.51. The van der Waals surface area contributed by atoms with Crippen molar-refractivity contribution in [1.29, 1.82) is 0 Å². The van der Waals surface area contributed by atoms with Crippen LogP contribution in [0.3, 0.4) is 0 Å². The standard InChI is InChI=1S/C18H23N3O/c1-12-5-6-15(10-13(12)2)16-4-3-9-21(16)11-17-19-20-18(22-17)14-7-8-14/h5-6,10,14,16H,3-4,7-9,11H2,1-2H3/t16-/m1/s1. The first-order chi connectivity index (χ1) is 10.7. The van der Waals surface area contributed by atoms with Crippen molar-refractivity contribution >= 4 is 0 Å². The number of hydrogen-bond acceptors (Lipinski definition) is 4. The van der Waals surface area contributed by atoms with E-state index >= 15 is 0 Å². The molecule has 0 unspecified atom stereocenters. The molecule has 2 fully saturated rings. The van der Waals surface area contributed by atoms with Crippen LogP contribution in [0.25, 0.3) is 0 Å².